The van der Waals surface area contributed by atoms with Crippen LogP contribution in [0.5, 0.6) is 0 Å². The Morgan fingerprint density at radius 1 is 1.19 bits per heavy atom. The highest BCUT2D eigenvalue weighted by atomic mass is 16.5. The number of β-amino-alcohol motifs (C(OH)–C–C–N with tert-alkyl or cyclic N) is 1. The molecule has 0 aromatic carbocycles. The number of carboxylic acids is 1. The van der Waals surface area contributed by atoms with Crippen LogP contribution in [-0.2, 0) is 19.7 Å². The normalized spacial score (nSPS) is 22.2. The molecule has 2 fully saturated rings. The first-order chi connectivity index (χ1) is 12.4. The molecule has 0 radical (unpaired) electrons. The molecule has 0 spiro atoms. The van der Waals surface area contributed by atoms with Crippen molar-refractivity contribution in [2.24, 2.45) is 0 Å². The van der Waals surface area contributed by atoms with Gasteiger partial charge in [0.1, 0.15) is 5.82 Å². The van der Waals surface area contributed by atoms with Gasteiger partial charge in [0.25, 0.3) is 0 Å². The molecule has 144 valence electrons. The first-order valence-corrected chi connectivity index (χ1v) is 8.84. The number of hydrogen-bond acceptors (Lipinski definition) is 8. The molecule has 0 aliphatic carbocycles. The van der Waals surface area contributed by atoms with Crippen LogP contribution in [0.4, 0.5) is 11.8 Å². The van der Waals surface area contributed by atoms with Crippen LogP contribution in [-0.4, -0.2) is 84.9 Å². The van der Waals surface area contributed by atoms with Crippen LogP contribution in [0.1, 0.15) is 19.4 Å². The van der Waals surface area contributed by atoms with Crippen LogP contribution >= 0.6 is 0 Å². The van der Waals surface area contributed by atoms with Gasteiger partial charge in [-0.1, -0.05) is 0 Å². The number of morpholine rings is 1. The van der Waals surface area contributed by atoms with Crippen molar-refractivity contribution in [3.63, 3.8) is 0 Å². The van der Waals surface area contributed by atoms with E-state index in [-0.39, 0.29) is 6.61 Å². The molecule has 3 rings (SSSR count). The second kappa shape index (κ2) is 7.73. The topological polar surface area (TPSA) is 108 Å². The number of hydrogen-bond donors (Lipinski definition) is 2. The van der Waals surface area contributed by atoms with Crippen molar-refractivity contribution in [1.29, 1.82) is 0 Å². The molecule has 9 heteroatoms. The second-order valence-corrected chi connectivity index (χ2v) is 7.11. The van der Waals surface area contributed by atoms with Gasteiger partial charge < -0.3 is 29.5 Å². The van der Waals surface area contributed by atoms with Crippen molar-refractivity contribution >= 4 is 17.7 Å². The van der Waals surface area contributed by atoms with Crippen LogP contribution in [0.15, 0.2) is 6.20 Å². The van der Waals surface area contributed by atoms with E-state index in [0.29, 0.717) is 63.3 Å². The Morgan fingerprint density at radius 2 is 1.85 bits per heavy atom. The largest absolute Gasteiger partial charge is 0.481 e. The summed E-state index contributed by atoms with van der Waals surface area (Å²) in [5.74, 6) is 0.160. The first kappa shape index (κ1) is 18.8. The van der Waals surface area contributed by atoms with Crippen molar-refractivity contribution < 1.29 is 24.5 Å². The maximum Gasteiger partial charge on any atom is 0.313 e. The molecule has 9 nitrogen and oxygen atoms in total. The Labute approximate surface area is 152 Å². The molecule has 2 aliphatic heterocycles. The van der Waals surface area contributed by atoms with Gasteiger partial charge in [0.15, 0.2) is 0 Å². The van der Waals surface area contributed by atoms with Crippen molar-refractivity contribution in [3.8, 4) is 0 Å². The van der Waals surface area contributed by atoms with E-state index in [1.807, 2.05) is 9.80 Å². The van der Waals surface area contributed by atoms with Crippen LogP contribution in [0, 0.1) is 0 Å². The highest BCUT2D eigenvalue weighted by Crippen LogP contribution is 2.32. The predicted molar refractivity (Wildman–Crippen MR) is 94.8 cm³/mol. The summed E-state index contributed by atoms with van der Waals surface area (Å²) in [6, 6.07) is 0. The highest BCUT2D eigenvalue weighted by Gasteiger charge is 2.35. The third kappa shape index (κ3) is 3.89. The minimum atomic E-state index is -1.12. The van der Waals surface area contributed by atoms with Crippen LogP contribution in [0.2, 0.25) is 0 Å². The fourth-order valence-electron chi connectivity index (χ4n) is 3.06. The number of aliphatic carboxylic acids is 1. The number of aliphatic hydroxyl groups is 1. The Morgan fingerprint density at radius 3 is 2.54 bits per heavy atom. The standard InChI is InChI=1S/C17H26N4O5/c1-17(2,15(23)24)13-9-18-16(21-5-8-26-11-12(22)10-21)19-14(13)20-3-6-25-7-4-20/h9,12,22H,3-8,10-11H2,1-2H3,(H,23,24)/t12-/m0/s1. The zero-order chi connectivity index (χ0) is 18.7. The average Bonchev–Trinajstić information content (AvgIpc) is 2.86. The van der Waals surface area contributed by atoms with E-state index in [9.17, 15) is 15.0 Å². The van der Waals surface area contributed by atoms with Gasteiger partial charge in [-0.15, -0.1) is 0 Å². The monoisotopic (exact) mass is 366 g/mol. The maximum atomic E-state index is 11.8. The number of nitrogens with zero attached hydrogens (tertiary/aromatic N) is 4. The zero-order valence-corrected chi connectivity index (χ0v) is 15.2. The number of carbonyl (C=O) groups is 1. The minimum Gasteiger partial charge on any atom is -0.481 e. The Kier molecular flexibility index (Phi) is 5.59. The van der Waals surface area contributed by atoms with E-state index in [0.717, 1.165) is 0 Å². The third-order valence-corrected chi connectivity index (χ3v) is 4.80. The predicted octanol–water partition coefficient (Wildman–Crippen LogP) is -0.127. The first-order valence-electron chi connectivity index (χ1n) is 8.84. The van der Waals surface area contributed by atoms with Crippen molar-refractivity contribution in [3.05, 3.63) is 11.8 Å². The smallest absolute Gasteiger partial charge is 0.313 e. The molecule has 2 aliphatic rings. The van der Waals surface area contributed by atoms with Gasteiger partial charge in [0.05, 0.1) is 37.9 Å². The summed E-state index contributed by atoms with van der Waals surface area (Å²) in [4.78, 5) is 24.8. The summed E-state index contributed by atoms with van der Waals surface area (Å²) in [7, 11) is 0. The SMILES string of the molecule is CC(C)(C(=O)O)c1cnc(N2CCOC[C@@H](O)C2)nc1N1CCOCC1. The molecule has 2 N–H and O–H groups in total. The lowest BCUT2D eigenvalue weighted by atomic mass is 9.85. The molecular formula is C17H26N4O5. The van der Waals surface area contributed by atoms with E-state index in [1.54, 1.807) is 20.0 Å². The summed E-state index contributed by atoms with van der Waals surface area (Å²) in [6.07, 6.45) is 0.988. The number of aliphatic hydroxyl groups excluding tert-OH is 1. The van der Waals surface area contributed by atoms with Gasteiger partial charge in [0.2, 0.25) is 5.95 Å². The summed E-state index contributed by atoms with van der Waals surface area (Å²) in [6.45, 7) is 7.46. The van der Waals surface area contributed by atoms with Crippen LogP contribution < -0.4 is 9.80 Å². The minimum absolute atomic E-state index is 0.289. The quantitative estimate of drug-likeness (QED) is 0.753. The highest BCUT2D eigenvalue weighted by molar-refractivity contribution is 5.82. The van der Waals surface area contributed by atoms with E-state index in [1.165, 1.54) is 0 Å². The fourth-order valence-corrected chi connectivity index (χ4v) is 3.06. The molecule has 3 heterocycles. The van der Waals surface area contributed by atoms with Crippen LogP contribution in [0.25, 0.3) is 0 Å². The van der Waals surface area contributed by atoms with Crippen molar-refractivity contribution in [2.45, 2.75) is 25.4 Å². The Hall–Kier alpha value is -1.97. The summed E-state index contributed by atoms with van der Waals surface area (Å²) < 4.78 is 10.8. The Balaban J connectivity index is 1.99. The van der Waals surface area contributed by atoms with Gasteiger partial charge >= 0.3 is 5.97 Å². The van der Waals surface area contributed by atoms with Crippen LogP contribution in [0.3, 0.4) is 0 Å². The Bertz CT molecular complexity index is 648. The van der Waals surface area contributed by atoms with Gasteiger partial charge in [-0.3, -0.25) is 4.79 Å². The molecule has 0 bridgehead atoms. The van der Waals surface area contributed by atoms with E-state index < -0.39 is 17.5 Å². The summed E-state index contributed by atoms with van der Waals surface area (Å²) in [5.41, 5.74) is -0.546. The molecule has 0 unspecified atom stereocenters. The summed E-state index contributed by atoms with van der Waals surface area (Å²) in [5, 5.41) is 19.6. The van der Waals surface area contributed by atoms with Crippen molar-refractivity contribution in [1.82, 2.24) is 9.97 Å². The molecule has 0 saturated carbocycles. The molecule has 1 aromatic heterocycles. The lowest BCUT2D eigenvalue weighted by Gasteiger charge is -2.33. The zero-order valence-electron chi connectivity index (χ0n) is 15.2. The number of anilines is 2. The fraction of sp³-hybridized carbons (Fsp3) is 0.706. The summed E-state index contributed by atoms with van der Waals surface area (Å²) >= 11 is 0. The molecule has 26 heavy (non-hydrogen) atoms. The third-order valence-electron chi connectivity index (χ3n) is 4.80. The second-order valence-electron chi connectivity index (χ2n) is 7.11. The van der Waals surface area contributed by atoms with E-state index in [2.05, 4.69) is 4.98 Å². The van der Waals surface area contributed by atoms with Crippen molar-refractivity contribution in [2.75, 3.05) is 62.4 Å². The molecule has 2 saturated heterocycles. The molecular weight excluding hydrogens is 340 g/mol. The molecule has 1 aromatic rings. The number of aromatic nitrogens is 2. The van der Waals surface area contributed by atoms with E-state index in [4.69, 9.17) is 14.5 Å². The maximum absolute atomic E-state index is 11.8. The average molecular weight is 366 g/mol. The van der Waals surface area contributed by atoms with E-state index >= 15 is 0 Å². The molecule has 1 atom stereocenters. The number of ether oxygens (including phenoxy) is 2. The lowest BCUT2D eigenvalue weighted by Crippen LogP contribution is -2.41. The molecule has 0 amide bonds. The van der Waals surface area contributed by atoms with Gasteiger partial charge in [-0.2, -0.15) is 4.98 Å². The lowest BCUT2D eigenvalue weighted by molar-refractivity contribution is -0.142. The van der Waals surface area contributed by atoms with Gasteiger partial charge in [-0.05, 0) is 13.8 Å². The number of rotatable bonds is 4. The van der Waals surface area contributed by atoms with Gasteiger partial charge in [-0.25, -0.2) is 4.98 Å². The van der Waals surface area contributed by atoms with Gasteiger partial charge in [0, 0.05) is 37.9 Å². The number of carboxylic acid groups (broad SMARTS) is 1.